The first-order valence-electron chi connectivity index (χ1n) is 5.55. The van der Waals surface area contributed by atoms with Crippen LogP contribution in [-0.4, -0.2) is 30.6 Å². The maximum atomic E-state index is 4.42. The minimum absolute atomic E-state index is 0.757. The van der Waals surface area contributed by atoms with Crippen molar-refractivity contribution in [1.82, 2.24) is 15.3 Å². The van der Waals surface area contributed by atoms with Crippen molar-refractivity contribution in [3.63, 3.8) is 0 Å². The third-order valence-electron chi connectivity index (χ3n) is 2.13. The molecule has 0 aliphatic carbocycles. The van der Waals surface area contributed by atoms with E-state index < -0.39 is 0 Å². The predicted octanol–water partition coefficient (Wildman–Crippen LogP) is 1.60. The summed E-state index contributed by atoms with van der Waals surface area (Å²) in [5, 5.41) is 3.34. The lowest BCUT2D eigenvalue weighted by molar-refractivity contribution is 0.679. The van der Waals surface area contributed by atoms with Gasteiger partial charge in [0.05, 0.1) is 5.69 Å². The standard InChI is InChI=1S/C12H20N4/c1-4-5-6-8-13-10-11-7-9-14-12(15-11)16(2)3/h4-5,7,9,13H,6,8,10H2,1-3H3/b5-4+. The molecule has 0 saturated heterocycles. The summed E-state index contributed by atoms with van der Waals surface area (Å²) in [5.41, 5.74) is 1.03. The lowest BCUT2D eigenvalue weighted by atomic mass is 10.3. The summed E-state index contributed by atoms with van der Waals surface area (Å²) in [6, 6.07) is 1.94. The van der Waals surface area contributed by atoms with Crippen LogP contribution in [0.2, 0.25) is 0 Å². The number of rotatable bonds is 6. The highest BCUT2D eigenvalue weighted by Crippen LogP contribution is 2.02. The van der Waals surface area contributed by atoms with Crippen LogP contribution in [0, 0.1) is 0 Å². The number of hydrogen-bond donors (Lipinski definition) is 1. The molecule has 0 amide bonds. The molecule has 1 aromatic rings. The molecule has 1 heterocycles. The first-order chi connectivity index (χ1) is 7.74. The highest BCUT2D eigenvalue weighted by molar-refractivity contribution is 5.26. The SMILES string of the molecule is C/C=C/CCNCc1ccnc(N(C)C)n1. The van der Waals surface area contributed by atoms with Gasteiger partial charge in [-0.2, -0.15) is 0 Å². The fourth-order valence-electron chi connectivity index (χ4n) is 1.27. The van der Waals surface area contributed by atoms with Gasteiger partial charge in [-0.25, -0.2) is 9.97 Å². The molecule has 0 aromatic carbocycles. The van der Waals surface area contributed by atoms with E-state index in [-0.39, 0.29) is 0 Å². The van der Waals surface area contributed by atoms with Crippen LogP contribution < -0.4 is 10.2 Å². The molecule has 0 spiro atoms. The normalized spacial score (nSPS) is 10.9. The Morgan fingerprint density at radius 2 is 2.25 bits per heavy atom. The van der Waals surface area contributed by atoms with E-state index in [4.69, 9.17) is 0 Å². The first-order valence-corrected chi connectivity index (χ1v) is 5.55. The predicted molar refractivity (Wildman–Crippen MR) is 67.5 cm³/mol. The quantitative estimate of drug-likeness (QED) is 0.584. The third-order valence-corrected chi connectivity index (χ3v) is 2.13. The van der Waals surface area contributed by atoms with Crippen molar-refractivity contribution in [2.45, 2.75) is 19.9 Å². The Morgan fingerprint density at radius 1 is 1.44 bits per heavy atom. The Kier molecular flexibility index (Phi) is 5.50. The molecule has 0 aliphatic rings. The van der Waals surface area contributed by atoms with E-state index in [1.807, 2.05) is 32.0 Å². The monoisotopic (exact) mass is 220 g/mol. The van der Waals surface area contributed by atoms with Crippen molar-refractivity contribution in [3.8, 4) is 0 Å². The molecule has 0 fully saturated rings. The minimum atomic E-state index is 0.757. The van der Waals surface area contributed by atoms with Gasteiger partial charge in [-0.15, -0.1) is 0 Å². The second-order valence-corrected chi connectivity index (χ2v) is 3.78. The van der Waals surface area contributed by atoms with E-state index in [0.29, 0.717) is 0 Å². The van der Waals surface area contributed by atoms with Gasteiger partial charge in [-0.05, 0) is 26.0 Å². The average Bonchev–Trinajstić information content (AvgIpc) is 2.29. The second kappa shape index (κ2) is 6.95. The minimum Gasteiger partial charge on any atom is -0.347 e. The molecule has 1 N–H and O–H groups in total. The molecule has 0 saturated carbocycles. The molecule has 16 heavy (non-hydrogen) atoms. The van der Waals surface area contributed by atoms with E-state index >= 15 is 0 Å². The molecule has 88 valence electrons. The van der Waals surface area contributed by atoms with Crippen LogP contribution in [0.5, 0.6) is 0 Å². The molecule has 1 aromatic heterocycles. The van der Waals surface area contributed by atoms with Crippen molar-refractivity contribution < 1.29 is 0 Å². The zero-order chi connectivity index (χ0) is 11.8. The van der Waals surface area contributed by atoms with Gasteiger partial charge in [-0.1, -0.05) is 12.2 Å². The Hall–Kier alpha value is -1.42. The maximum absolute atomic E-state index is 4.42. The van der Waals surface area contributed by atoms with Gasteiger partial charge in [-0.3, -0.25) is 0 Å². The van der Waals surface area contributed by atoms with Crippen LogP contribution in [-0.2, 0) is 6.54 Å². The van der Waals surface area contributed by atoms with Gasteiger partial charge in [0.25, 0.3) is 0 Å². The summed E-state index contributed by atoms with van der Waals surface area (Å²) in [6.45, 7) is 3.81. The molecule has 0 unspecified atom stereocenters. The lowest BCUT2D eigenvalue weighted by Gasteiger charge is -2.10. The van der Waals surface area contributed by atoms with Crippen LogP contribution in [0.25, 0.3) is 0 Å². The Labute approximate surface area is 97.4 Å². The van der Waals surface area contributed by atoms with Gasteiger partial charge < -0.3 is 10.2 Å². The van der Waals surface area contributed by atoms with Crippen LogP contribution in [0.4, 0.5) is 5.95 Å². The topological polar surface area (TPSA) is 41.1 Å². The van der Waals surface area contributed by atoms with Crippen LogP contribution in [0.1, 0.15) is 19.0 Å². The maximum Gasteiger partial charge on any atom is 0.225 e. The largest absolute Gasteiger partial charge is 0.347 e. The number of hydrogen-bond acceptors (Lipinski definition) is 4. The van der Waals surface area contributed by atoms with Crippen molar-refractivity contribution in [2.75, 3.05) is 25.5 Å². The van der Waals surface area contributed by atoms with Crippen LogP contribution in [0.15, 0.2) is 24.4 Å². The molecule has 0 atom stereocenters. The second-order valence-electron chi connectivity index (χ2n) is 3.78. The molecule has 4 nitrogen and oxygen atoms in total. The number of nitrogens with one attached hydrogen (secondary N) is 1. The van der Waals surface area contributed by atoms with Gasteiger partial charge in [0.15, 0.2) is 0 Å². The molecule has 0 bridgehead atoms. The summed E-state index contributed by atoms with van der Waals surface area (Å²) >= 11 is 0. The number of allylic oxidation sites excluding steroid dienone is 1. The van der Waals surface area contributed by atoms with E-state index in [2.05, 4.69) is 27.4 Å². The molecule has 0 radical (unpaired) electrons. The molecular weight excluding hydrogens is 200 g/mol. The zero-order valence-electron chi connectivity index (χ0n) is 10.3. The van der Waals surface area contributed by atoms with E-state index in [1.54, 1.807) is 6.20 Å². The molecule has 0 aliphatic heterocycles. The van der Waals surface area contributed by atoms with Gasteiger partial charge in [0, 0.05) is 26.8 Å². The molecule has 4 heteroatoms. The van der Waals surface area contributed by atoms with E-state index in [9.17, 15) is 0 Å². The average molecular weight is 220 g/mol. The molecule has 1 rings (SSSR count). The number of nitrogens with zero attached hydrogens (tertiary/aromatic N) is 3. The fourth-order valence-corrected chi connectivity index (χ4v) is 1.27. The fraction of sp³-hybridized carbons (Fsp3) is 0.500. The van der Waals surface area contributed by atoms with Crippen molar-refractivity contribution >= 4 is 5.95 Å². The summed E-state index contributed by atoms with van der Waals surface area (Å²) < 4.78 is 0. The Bertz CT molecular complexity index is 334. The summed E-state index contributed by atoms with van der Waals surface area (Å²) in [7, 11) is 3.89. The van der Waals surface area contributed by atoms with Crippen LogP contribution in [0.3, 0.4) is 0 Å². The highest BCUT2D eigenvalue weighted by atomic mass is 15.2. The smallest absolute Gasteiger partial charge is 0.225 e. The van der Waals surface area contributed by atoms with Gasteiger partial charge >= 0.3 is 0 Å². The number of anilines is 1. The zero-order valence-corrected chi connectivity index (χ0v) is 10.3. The third kappa shape index (κ3) is 4.40. The van der Waals surface area contributed by atoms with Crippen molar-refractivity contribution in [1.29, 1.82) is 0 Å². The highest BCUT2D eigenvalue weighted by Gasteiger charge is 1.99. The van der Waals surface area contributed by atoms with Crippen LogP contribution >= 0.6 is 0 Å². The Balaban J connectivity index is 2.39. The number of aromatic nitrogens is 2. The summed E-state index contributed by atoms with van der Waals surface area (Å²) in [4.78, 5) is 10.5. The van der Waals surface area contributed by atoms with Gasteiger partial charge in [0.2, 0.25) is 5.95 Å². The van der Waals surface area contributed by atoms with Gasteiger partial charge in [0.1, 0.15) is 0 Å². The van der Waals surface area contributed by atoms with Crippen molar-refractivity contribution in [3.05, 3.63) is 30.1 Å². The first kappa shape index (κ1) is 12.6. The van der Waals surface area contributed by atoms with E-state index in [0.717, 1.165) is 31.2 Å². The summed E-state index contributed by atoms with van der Waals surface area (Å²) in [5.74, 6) is 0.757. The van der Waals surface area contributed by atoms with E-state index in [1.165, 1.54) is 0 Å². The molecular formula is C12H20N4. The van der Waals surface area contributed by atoms with Crippen molar-refractivity contribution in [2.24, 2.45) is 0 Å². The summed E-state index contributed by atoms with van der Waals surface area (Å²) in [6.07, 6.45) is 7.07. The lowest BCUT2D eigenvalue weighted by Crippen LogP contribution is -2.18. The Morgan fingerprint density at radius 3 is 2.94 bits per heavy atom.